The molecule has 0 saturated carbocycles. The molecule has 9 heteroatoms. The van der Waals surface area contributed by atoms with Crippen LogP contribution in [0.3, 0.4) is 0 Å². The lowest BCUT2D eigenvalue weighted by atomic mass is 10.2. The summed E-state index contributed by atoms with van der Waals surface area (Å²) >= 11 is 4.86. The van der Waals surface area contributed by atoms with Crippen LogP contribution in [-0.4, -0.2) is 28.7 Å². The van der Waals surface area contributed by atoms with Gasteiger partial charge in [-0.2, -0.15) is 0 Å². The normalized spacial score (nSPS) is 12.9. The zero-order chi connectivity index (χ0) is 18.8. The molecule has 0 fully saturated rings. The van der Waals surface area contributed by atoms with Crippen LogP contribution in [0.1, 0.15) is 12.0 Å². The standard InChI is InChI=1S/C18H15BrN2O5S/c19-13-8-15-14(24-4-5-25-15)7-11(13)9-26-16(22)1-3-21-10-20-17-12(18(21)23)2-6-27-17/h2,6-8,10H,1,3-5,9H2. The SMILES string of the molecule is O=C(CCn1cnc2sccc2c1=O)OCc1cc2c(cc1Br)OCCO2. The van der Waals surface area contributed by atoms with Crippen LogP contribution >= 0.6 is 27.3 Å². The molecule has 0 saturated heterocycles. The fourth-order valence-corrected chi connectivity index (χ4v) is 3.87. The van der Waals surface area contributed by atoms with E-state index in [2.05, 4.69) is 20.9 Å². The van der Waals surface area contributed by atoms with E-state index in [0.717, 1.165) is 10.0 Å². The number of nitrogens with zero attached hydrogens (tertiary/aromatic N) is 2. The molecule has 2 aromatic heterocycles. The summed E-state index contributed by atoms with van der Waals surface area (Å²) in [4.78, 5) is 29.3. The van der Waals surface area contributed by atoms with E-state index in [-0.39, 0.29) is 25.1 Å². The predicted octanol–water partition coefficient (Wildman–Crippen LogP) is 3.13. The number of aryl methyl sites for hydroxylation is 1. The van der Waals surface area contributed by atoms with E-state index in [4.69, 9.17) is 14.2 Å². The Morgan fingerprint density at radius 1 is 1.30 bits per heavy atom. The van der Waals surface area contributed by atoms with Gasteiger partial charge in [-0.15, -0.1) is 11.3 Å². The van der Waals surface area contributed by atoms with Crippen LogP contribution < -0.4 is 15.0 Å². The number of hydrogen-bond donors (Lipinski definition) is 0. The quantitative estimate of drug-likeness (QED) is 0.555. The Morgan fingerprint density at radius 3 is 2.89 bits per heavy atom. The highest BCUT2D eigenvalue weighted by molar-refractivity contribution is 9.10. The molecule has 0 atom stereocenters. The number of hydrogen-bond acceptors (Lipinski definition) is 7. The molecule has 1 aromatic carbocycles. The molecule has 27 heavy (non-hydrogen) atoms. The first-order valence-electron chi connectivity index (χ1n) is 8.28. The summed E-state index contributed by atoms with van der Waals surface area (Å²) in [5, 5.41) is 2.39. The van der Waals surface area contributed by atoms with Gasteiger partial charge in [0, 0.05) is 16.6 Å². The molecule has 3 aromatic rings. The third-order valence-electron chi connectivity index (χ3n) is 4.11. The van der Waals surface area contributed by atoms with Gasteiger partial charge < -0.3 is 14.2 Å². The van der Waals surface area contributed by atoms with E-state index in [0.29, 0.717) is 34.9 Å². The van der Waals surface area contributed by atoms with E-state index < -0.39 is 5.97 Å². The summed E-state index contributed by atoms with van der Waals surface area (Å²) in [7, 11) is 0. The summed E-state index contributed by atoms with van der Waals surface area (Å²) in [6.07, 6.45) is 1.55. The Morgan fingerprint density at radius 2 is 2.07 bits per heavy atom. The summed E-state index contributed by atoms with van der Waals surface area (Å²) in [5.74, 6) is 0.908. The van der Waals surface area contributed by atoms with Crippen molar-refractivity contribution in [2.24, 2.45) is 0 Å². The highest BCUT2D eigenvalue weighted by Crippen LogP contribution is 2.35. The lowest BCUT2D eigenvalue weighted by molar-refractivity contribution is -0.145. The van der Waals surface area contributed by atoms with Crippen molar-refractivity contribution in [3.8, 4) is 11.5 Å². The largest absolute Gasteiger partial charge is 0.486 e. The number of ether oxygens (including phenoxy) is 3. The molecule has 0 amide bonds. The van der Waals surface area contributed by atoms with Crippen LogP contribution in [0.5, 0.6) is 11.5 Å². The molecule has 4 rings (SSSR count). The molecule has 140 valence electrons. The van der Waals surface area contributed by atoms with Gasteiger partial charge in [-0.3, -0.25) is 14.2 Å². The Balaban J connectivity index is 1.37. The van der Waals surface area contributed by atoms with Gasteiger partial charge >= 0.3 is 5.97 Å². The fourth-order valence-electron chi connectivity index (χ4n) is 2.71. The van der Waals surface area contributed by atoms with E-state index in [9.17, 15) is 9.59 Å². The summed E-state index contributed by atoms with van der Waals surface area (Å²) in [5.41, 5.74) is 0.634. The first kappa shape index (κ1) is 18.0. The minimum Gasteiger partial charge on any atom is -0.486 e. The van der Waals surface area contributed by atoms with Crippen molar-refractivity contribution >= 4 is 43.5 Å². The van der Waals surface area contributed by atoms with Gasteiger partial charge in [0.15, 0.2) is 11.5 Å². The Bertz CT molecular complexity index is 1060. The fraction of sp³-hybridized carbons (Fsp3) is 0.278. The molecule has 0 bridgehead atoms. The second-order valence-electron chi connectivity index (χ2n) is 5.88. The van der Waals surface area contributed by atoms with Crippen LogP contribution in [0.15, 0.2) is 39.2 Å². The number of carbonyl (C=O) groups is 1. The van der Waals surface area contributed by atoms with Crippen molar-refractivity contribution < 1.29 is 19.0 Å². The highest BCUT2D eigenvalue weighted by Gasteiger charge is 2.16. The average Bonchev–Trinajstić information content (AvgIpc) is 3.15. The third-order valence-corrected chi connectivity index (χ3v) is 5.67. The van der Waals surface area contributed by atoms with E-state index >= 15 is 0 Å². The molecule has 7 nitrogen and oxygen atoms in total. The molecular formula is C18H15BrN2O5S. The summed E-state index contributed by atoms with van der Waals surface area (Å²) in [6, 6.07) is 5.34. The molecule has 0 N–H and O–H groups in total. The predicted molar refractivity (Wildman–Crippen MR) is 103 cm³/mol. The summed E-state index contributed by atoms with van der Waals surface area (Å²) in [6.45, 7) is 1.33. The Hall–Kier alpha value is -2.39. The number of carbonyl (C=O) groups excluding carboxylic acids is 1. The van der Waals surface area contributed by atoms with Crippen molar-refractivity contribution in [3.63, 3.8) is 0 Å². The van der Waals surface area contributed by atoms with Gasteiger partial charge in [0.05, 0.1) is 18.1 Å². The Kier molecular flexibility index (Phi) is 5.13. The molecule has 0 unspecified atom stereocenters. The van der Waals surface area contributed by atoms with Crippen LogP contribution in [0.4, 0.5) is 0 Å². The van der Waals surface area contributed by atoms with Gasteiger partial charge in [0.25, 0.3) is 5.56 Å². The lowest BCUT2D eigenvalue weighted by Crippen LogP contribution is -2.22. The zero-order valence-electron chi connectivity index (χ0n) is 14.1. The van der Waals surface area contributed by atoms with Crippen LogP contribution in [0.2, 0.25) is 0 Å². The number of fused-ring (bicyclic) bond motifs is 2. The number of thiophene rings is 1. The maximum Gasteiger partial charge on any atom is 0.307 e. The van der Waals surface area contributed by atoms with Crippen molar-refractivity contribution in [1.82, 2.24) is 9.55 Å². The van der Waals surface area contributed by atoms with Crippen LogP contribution in [0, 0.1) is 0 Å². The third kappa shape index (κ3) is 3.84. The molecular weight excluding hydrogens is 436 g/mol. The highest BCUT2D eigenvalue weighted by atomic mass is 79.9. The van der Waals surface area contributed by atoms with Crippen LogP contribution in [0.25, 0.3) is 10.2 Å². The van der Waals surface area contributed by atoms with E-state index in [1.807, 2.05) is 5.38 Å². The number of aromatic nitrogens is 2. The van der Waals surface area contributed by atoms with Crippen molar-refractivity contribution in [1.29, 1.82) is 0 Å². The number of benzene rings is 1. The van der Waals surface area contributed by atoms with E-state index in [1.165, 1.54) is 22.2 Å². The first-order chi connectivity index (χ1) is 13.1. The average molecular weight is 451 g/mol. The monoisotopic (exact) mass is 450 g/mol. The molecule has 1 aliphatic rings. The van der Waals surface area contributed by atoms with Crippen molar-refractivity contribution in [3.05, 3.63) is 50.3 Å². The first-order valence-corrected chi connectivity index (χ1v) is 9.95. The summed E-state index contributed by atoms with van der Waals surface area (Å²) < 4.78 is 18.6. The second kappa shape index (κ2) is 7.69. The smallest absolute Gasteiger partial charge is 0.307 e. The number of esters is 1. The molecule has 0 spiro atoms. The molecule has 0 aliphatic carbocycles. The van der Waals surface area contributed by atoms with Gasteiger partial charge in [0.1, 0.15) is 24.7 Å². The van der Waals surface area contributed by atoms with Crippen molar-refractivity contribution in [2.45, 2.75) is 19.6 Å². The van der Waals surface area contributed by atoms with Crippen LogP contribution in [-0.2, 0) is 22.7 Å². The molecule has 1 aliphatic heterocycles. The minimum absolute atomic E-state index is 0.0827. The molecule has 3 heterocycles. The minimum atomic E-state index is -0.394. The van der Waals surface area contributed by atoms with Gasteiger partial charge in [0.2, 0.25) is 0 Å². The lowest BCUT2D eigenvalue weighted by Gasteiger charge is -2.19. The topological polar surface area (TPSA) is 79.7 Å². The van der Waals surface area contributed by atoms with Gasteiger partial charge in [-0.1, -0.05) is 15.9 Å². The van der Waals surface area contributed by atoms with Crippen molar-refractivity contribution in [2.75, 3.05) is 13.2 Å². The maximum absolute atomic E-state index is 12.3. The number of halogens is 1. The number of rotatable bonds is 5. The van der Waals surface area contributed by atoms with Gasteiger partial charge in [-0.05, 0) is 23.6 Å². The Labute approximate surface area is 166 Å². The second-order valence-corrected chi connectivity index (χ2v) is 7.63. The van der Waals surface area contributed by atoms with E-state index in [1.54, 1.807) is 18.2 Å². The molecule has 0 radical (unpaired) electrons. The maximum atomic E-state index is 12.3. The zero-order valence-corrected chi connectivity index (χ0v) is 16.5. The van der Waals surface area contributed by atoms with Gasteiger partial charge in [-0.25, -0.2) is 4.98 Å².